The lowest BCUT2D eigenvalue weighted by molar-refractivity contribution is -0.148. The van der Waals surface area contributed by atoms with E-state index in [1.165, 1.54) is 6.42 Å². The predicted molar refractivity (Wildman–Crippen MR) is 114 cm³/mol. The lowest BCUT2D eigenvalue weighted by atomic mass is 9.77. The Morgan fingerprint density at radius 3 is 2.45 bits per heavy atom. The molecule has 0 aromatic heterocycles. The van der Waals surface area contributed by atoms with Crippen LogP contribution in [0.1, 0.15) is 43.7 Å². The second-order valence-electron chi connectivity index (χ2n) is 8.62. The number of rotatable bonds is 3. The van der Waals surface area contributed by atoms with Gasteiger partial charge in [0, 0.05) is 33.1 Å². The molecule has 2 unspecified atom stereocenters. The van der Waals surface area contributed by atoms with Crippen LogP contribution in [-0.2, 0) is 9.59 Å². The van der Waals surface area contributed by atoms with Gasteiger partial charge >= 0.3 is 0 Å². The van der Waals surface area contributed by atoms with Crippen LogP contribution in [0.5, 0.6) is 5.75 Å². The number of hydrogen-bond donors (Lipinski definition) is 1. The zero-order chi connectivity index (χ0) is 19.7. The number of ether oxygens (including phenoxy) is 1. The van der Waals surface area contributed by atoms with E-state index < -0.39 is 0 Å². The Bertz CT molecular complexity index is 723. The number of amides is 2. The topological polar surface area (TPSA) is 61.9 Å². The molecule has 7 heteroatoms. The Morgan fingerprint density at radius 2 is 1.86 bits per heavy atom. The van der Waals surface area contributed by atoms with E-state index >= 15 is 0 Å². The second-order valence-corrected chi connectivity index (χ2v) is 8.62. The Labute approximate surface area is 179 Å². The molecule has 0 aliphatic carbocycles. The maximum absolute atomic E-state index is 13.5. The average molecular weight is 422 g/mol. The van der Waals surface area contributed by atoms with Gasteiger partial charge < -0.3 is 19.9 Å². The zero-order valence-electron chi connectivity index (χ0n) is 17.4. The summed E-state index contributed by atoms with van der Waals surface area (Å²) < 4.78 is 5.26. The van der Waals surface area contributed by atoms with Crippen LogP contribution in [0.2, 0.25) is 0 Å². The van der Waals surface area contributed by atoms with E-state index in [1.807, 2.05) is 36.2 Å². The molecule has 6 nitrogen and oxygen atoms in total. The van der Waals surface area contributed by atoms with Crippen LogP contribution in [0.25, 0.3) is 0 Å². The van der Waals surface area contributed by atoms with Gasteiger partial charge in [-0.25, -0.2) is 0 Å². The average Bonchev–Trinajstić information content (AvgIpc) is 3.18. The highest BCUT2D eigenvalue weighted by atomic mass is 35.5. The number of nitrogens with zero attached hydrogens (tertiary/aromatic N) is 2. The first-order valence-electron chi connectivity index (χ1n) is 10.4. The summed E-state index contributed by atoms with van der Waals surface area (Å²) in [5, 5.41) is 3.48. The fraction of sp³-hybridized carbons (Fsp3) is 0.636. The summed E-state index contributed by atoms with van der Waals surface area (Å²) in [6.07, 6.45) is 4.47. The quantitative estimate of drug-likeness (QED) is 0.814. The minimum atomic E-state index is -0.205. The molecule has 2 amide bonds. The van der Waals surface area contributed by atoms with Gasteiger partial charge in [0.1, 0.15) is 5.75 Å². The van der Waals surface area contributed by atoms with Crippen LogP contribution in [0, 0.1) is 11.3 Å². The molecule has 160 valence electrons. The van der Waals surface area contributed by atoms with Gasteiger partial charge in [-0.15, -0.1) is 12.4 Å². The maximum Gasteiger partial charge on any atom is 0.228 e. The number of carbonyl (C=O) groups excluding carboxylic acids is 2. The van der Waals surface area contributed by atoms with E-state index in [0.717, 1.165) is 50.3 Å². The molecule has 3 aliphatic rings. The van der Waals surface area contributed by atoms with Gasteiger partial charge in [0.25, 0.3) is 0 Å². The molecule has 2 atom stereocenters. The first kappa shape index (κ1) is 21.9. The predicted octanol–water partition coefficient (Wildman–Crippen LogP) is 2.63. The molecular formula is C22H32ClN3O3. The second kappa shape index (κ2) is 8.92. The van der Waals surface area contributed by atoms with Gasteiger partial charge in [-0.05, 0) is 55.3 Å². The van der Waals surface area contributed by atoms with Gasteiger partial charge in [0.2, 0.25) is 11.8 Å². The largest absolute Gasteiger partial charge is 0.497 e. The van der Waals surface area contributed by atoms with Gasteiger partial charge in [-0.1, -0.05) is 12.1 Å². The van der Waals surface area contributed by atoms with E-state index in [2.05, 4.69) is 5.32 Å². The van der Waals surface area contributed by atoms with Gasteiger partial charge in [-0.2, -0.15) is 0 Å². The lowest BCUT2D eigenvalue weighted by Crippen LogP contribution is -2.51. The molecule has 1 spiro atoms. The summed E-state index contributed by atoms with van der Waals surface area (Å²) in [4.78, 5) is 29.7. The molecule has 3 aliphatic heterocycles. The van der Waals surface area contributed by atoms with E-state index in [4.69, 9.17) is 4.74 Å². The fourth-order valence-electron chi connectivity index (χ4n) is 5.21. The summed E-state index contributed by atoms with van der Waals surface area (Å²) in [7, 11) is 3.46. The summed E-state index contributed by atoms with van der Waals surface area (Å²) in [5.74, 6) is 0.926. The molecule has 3 heterocycles. The molecule has 1 aromatic carbocycles. The summed E-state index contributed by atoms with van der Waals surface area (Å²) in [6.45, 7) is 3.86. The molecule has 4 rings (SSSR count). The third-order valence-electron chi connectivity index (χ3n) is 7.10. The number of methoxy groups -OCH3 is 1. The van der Waals surface area contributed by atoms with Crippen molar-refractivity contribution in [1.82, 2.24) is 15.1 Å². The number of carbonyl (C=O) groups is 2. The summed E-state index contributed by atoms with van der Waals surface area (Å²) >= 11 is 0. The number of nitrogens with one attached hydrogen (secondary N) is 1. The first-order valence-corrected chi connectivity index (χ1v) is 10.4. The van der Waals surface area contributed by atoms with E-state index in [1.54, 1.807) is 12.0 Å². The number of halogens is 1. The Balaban J connectivity index is 0.00000240. The molecular weight excluding hydrogens is 390 g/mol. The van der Waals surface area contributed by atoms with Crippen molar-refractivity contribution >= 4 is 24.2 Å². The number of hydrogen-bond acceptors (Lipinski definition) is 4. The molecule has 1 N–H and O–H groups in total. The fourth-order valence-corrected chi connectivity index (χ4v) is 5.21. The van der Waals surface area contributed by atoms with Crippen molar-refractivity contribution in [2.75, 3.05) is 40.3 Å². The third-order valence-corrected chi connectivity index (χ3v) is 7.10. The maximum atomic E-state index is 13.5. The molecule has 0 bridgehead atoms. The molecule has 3 saturated heterocycles. The number of likely N-dealkylation sites (tertiary alicyclic amines) is 2. The van der Waals surface area contributed by atoms with Crippen molar-refractivity contribution in [3.05, 3.63) is 29.8 Å². The minimum Gasteiger partial charge on any atom is -0.497 e. The first-order chi connectivity index (χ1) is 13.5. The molecule has 0 saturated carbocycles. The van der Waals surface area contributed by atoms with Crippen LogP contribution in [-0.4, -0.2) is 62.0 Å². The molecule has 3 fully saturated rings. The van der Waals surface area contributed by atoms with Crippen molar-refractivity contribution < 1.29 is 14.3 Å². The number of piperidine rings is 2. The highest BCUT2D eigenvalue weighted by Crippen LogP contribution is 2.40. The van der Waals surface area contributed by atoms with Gasteiger partial charge in [0.15, 0.2) is 0 Å². The van der Waals surface area contributed by atoms with Crippen LogP contribution in [0.3, 0.4) is 0 Å². The monoisotopic (exact) mass is 421 g/mol. The smallest absolute Gasteiger partial charge is 0.228 e. The Hall–Kier alpha value is -1.79. The molecule has 1 aromatic rings. The number of benzene rings is 1. The summed E-state index contributed by atoms with van der Waals surface area (Å²) in [5.41, 5.74) is 1.40. The summed E-state index contributed by atoms with van der Waals surface area (Å²) in [6, 6.07) is 7.56. The Morgan fingerprint density at radius 1 is 1.17 bits per heavy atom. The van der Waals surface area contributed by atoms with Crippen molar-refractivity contribution in [1.29, 1.82) is 0 Å². The van der Waals surface area contributed by atoms with E-state index in [0.29, 0.717) is 18.3 Å². The van der Waals surface area contributed by atoms with Gasteiger partial charge in [-0.3, -0.25) is 9.59 Å². The Kier molecular flexibility index (Phi) is 6.74. The van der Waals surface area contributed by atoms with Crippen LogP contribution in [0.4, 0.5) is 0 Å². The SMILES string of the molecule is COc1ccc(C2C(C(=O)N3CCC4(CCNC4)CC3)CCC(=O)N2C)cc1.Cl. The third kappa shape index (κ3) is 4.24. The van der Waals surface area contributed by atoms with E-state index in [9.17, 15) is 9.59 Å². The van der Waals surface area contributed by atoms with Gasteiger partial charge in [0.05, 0.1) is 19.1 Å². The standard InChI is InChI=1S/C22H31N3O3.ClH/c1-24-19(26)8-7-18(20(24)16-3-5-17(28-2)6-4-16)21(27)25-13-10-22(11-14-25)9-12-23-15-22;/h3-6,18,20,23H,7-15H2,1-2H3;1H. The van der Waals surface area contributed by atoms with Crippen molar-refractivity contribution in [2.45, 2.75) is 38.1 Å². The molecule has 29 heavy (non-hydrogen) atoms. The highest BCUT2D eigenvalue weighted by Gasteiger charge is 2.43. The zero-order valence-corrected chi connectivity index (χ0v) is 18.2. The van der Waals surface area contributed by atoms with Crippen LogP contribution in [0.15, 0.2) is 24.3 Å². The van der Waals surface area contributed by atoms with Crippen LogP contribution < -0.4 is 10.1 Å². The molecule has 0 radical (unpaired) electrons. The van der Waals surface area contributed by atoms with E-state index in [-0.39, 0.29) is 36.2 Å². The van der Waals surface area contributed by atoms with Crippen molar-refractivity contribution in [3.63, 3.8) is 0 Å². The van der Waals surface area contributed by atoms with Crippen LogP contribution >= 0.6 is 12.4 Å². The van der Waals surface area contributed by atoms with Crippen molar-refractivity contribution in [2.24, 2.45) is 11.3 Å². The normalized spacial score (nSPS) is 26.3. The van der Waals surface area contributed by atoms with Crippen molar-refractivity contribution in [3.8, 4) is 5.75 Å². The minimum absolute atomic E-state index is 0. The lowest BCUT2D eigenvalue weighted by Gasteiger charge is -2.44. The highest BCUT2D eigenvalue weighted by molar-refractivity contribution is 5.85.